The molecule has 0 unspecified atom stereocenters. The number of carbonyl (C=O) groups is 2. The van der Waals surface area contributed by atoms with Gasteiger partial charge in [-0.3, -0.25) is 14.3 Å². The number of amides is 2. The highest BCUT2D eigenvalue weighted by atomic mass is 32.2. The molecule has 2 amide bonds. The Hall–Kier alpha value is -3.47. The van der Waals surface area contributed by atoms with Crippen LogP contribution in [0, 0.1) is 0 Å². The van der Waals surface area contributed by atoms with Crippen LogP contribution in [0.2, 0.25) is 0 Å². The van der Waals surface area contributed by atoms with Gasteiger partial charge in [0.25, 0.3) is 5.91 Å². The summed E-state index contributed by atoms with van der Waals surface area (Å²) < 4.78 is 41.5. The molecule has 0 aromatic heterocycles. The Kier molecular flexibility index (Phi) is 7.70. The van der Waals surface area contributed by atoms with Crippen LogP contribution >= 0.6 is 0 Å². The van der Waals surface area contributed by atoms with Crippen LogP contribution < -0.4 is 29.6 Å². The average Bonchev–Trinajstić information content (AvgIpc) is 2.70. The molecule has 0 saturated carbocycles. The fraction of sp³-hybridized carbons (Fsp3) is 0.300. The minimum Gasteiger partial charge on any atom is -0.493 e. The molecular formula is C20H25N3O7S. The number of sulfonamides is 1. The molecule has 31 heavy (non-hydrogen) atoms. The Morgan fingerprint density at radius 2 is 1.58 bits per heavy atom. The van der Waals surface area contributed by atoms with E-state index in [0.717, 1.165) is 6.26 Å². The molecule has 11 heteroatoms. The lowest BCUT2D eigenvalue weighted by Crippen LogP contribution is -2.25. The lowest BCUT2D eigenvalue weighted by atomic mass is 10.1. The first kappa shape index (κ1) is 23.8. The van der Waals surface area contributed by atoms with E-state index in [2.05, 4.69) is 15.4 Å². The van der Waals surface area contributed by atoms with Gasteiger partial charge in [-0.05, 0) is 35.9 Å². The molecule has 0 aliphatic carbocycles. The minimum atomic E-state index is -3.63. The van der Waals surface area contributed by atoms with Crippen LogP contribution in [-0.2, 0) is 21.4 Å². The maximum absolute atomic E-state index is 12.8. The number of benzene rings is 2. The number of hydrogen-bond acceptors (Lipinski definition) is 7. The Morgan fingerprint density at radius 3 is 2.06 bits per heavy atom. The molecule has 0 spiro atoms. The third kappa shape index (κ3) is 6.51. The van der Waals surface area contributed by atoms with Gasteiger partial charge >= 0.3 is 0 Å². The van der Waals surface area contributed by atoms with Crippen LogP contribution in [0.1, 0.15) is 22.8 Å². The molecule has 2 rings (SSSR count). The highest BCUT2D eigenvalue weighted by Crippen LogP contribution is 2.38. The molecule has 0 fully saturated rings. The lowest BCUT2D eigenvalue weighted by Gasteiger charge is -2.15. The third-order valence-corrected chi connectivity index (χ3v) is 4.65. The summed E-state index contributed by atoms with van der Waals surface area (Å²) >= 11 is 0. The van der Waals surface area contributed by atoms with E-state index >= 15 is 0 Å². The van der Waals surface area contributed by atoms with Gasteiger partial charge in [-0.2, -0.15) is 0 Å². The first-order chi connectivity index (χ1) is 14.6. The summed E-state index contributed by atoms with van der Waals surface area (Å²) in [7, 11) is 0.825. The first-order valence-corrected chi connectivity index (χ1v) is 10.9. The Bertz CT molecular complexity index is 1060. The van der Waals surface area contributed by atoms with Crippen LogP contribution in [0.3, 0.4) is 0 Å². The van der Waals surface area contributed by atoms with Crippen molar-refractivity contribution in [3.8, 4) is 17.2 Å². The second kappa shape index (κ2) is 10.0. The van der Waals surface area contributed by atoms with Gasteiger partial charge in [-0.15, -0.1) is 0 Å². The van der Waals surface area contributed by atoms with Crippen LogP contribution in [-0.4, -0.2) is 47.8 Å². The molecule has 2 aromatic carbocycles. The van der Waals surface area contributed by atoms with Gasteiger partial charge in [0.15, 0.2) is 11.5 Å². The summed E-state index contributed by atoms with van der Waals surface area (Å²) in [4.78, 5) is 24.2. The van der Waals surface area contributed by atoms with Gasteiger partial charge in [0.2, 0.25) is 21.7 Å². The van der Waals surface area contributed by atoms with Gasteiger partial charge in [0.05, 0.1) is 38.8 Å². The minimum absolute atomic E-state index is 0.0455. The maximum Gasteiger partial charge on any atom is 0.253 e. The molecular weight excluding hydrogens is 426 g/mol. The van der Waals surface area contributed by atoms with Gasteiger partial charge < -0.3 is 24.8 Å². The topological polar surface area (TPSA) is 132 Å². The number of methoxy groups -OCH3 is 3. The zero-order chi connectivity index (χ0) is 23.2. The largest absolute Gasteiger partial charge is 0.493 e. The standard InChI is InChI=1S/C20H25N3O7S/c1-12(24)22-14-6-7-16(23-31(5,26)27)15(10-14)20(25)21-11-13-8-17(28-2)19(30-4)18(9-13)29-3/h6-10,23H,11H2,1-5H3,(H,21,25)(H,22,24). The van der Waals surface area contributed by atoms with Crippen LogP contribution in [0.4, 0.5) is 11.4 Å². The number of ether oxygens (including phenoxy) is 3. The molecule has 2 aromatic rings. The van der Waals surface area contributed by atoms with Crippen molar-refractivity contribution in [3.63, 3.8) is 0 Å². The summed E-state index contributed by atoms with van der Waals surface area (Å²) in [5, 5.41) is 5.29. The van der Waals surface area contributed by atoms with Crippen molar-refractivity contribution in [2.45, 2.75) is 13.5 Å². The van der Waals surface area contributed by atoms with Crippen molar-refractivity contribution in [2.24, 2.45) is 0 Å². The lowest BCUT2D eigenvalue weighted by molar-refractivity contribution is -0.114. The van der Waals surface area contributed by atoms with Crippen molar-refractivity contribution >= 4 is 33.2 Å². The quantitative estimate of drug-likeness (QED) is 0.531. The van der Waals surface area contributed by atoms with Crippen LogP contribution in [0.15, 0.2) is 30.3 Å². The Labute approximate surface area is 180 Å². The summed E-state index contributed by atoms with van der Waals surface area (Å²) in [6.45, 7) is 1.42. The van der Waals surface area contributed by atoms with Crippen molar-refractivity contribution in [1.82, 2.24) is 5.32 Å². The summed E-state index contributed by atoms with van der Waals surface area (Å²) in [6.07, 6.45) is 0.978. The molecule has 0 radical (unpaired) electrons. The van der Waals surface area contributed by atoms with Gasteiger partial charge in [0.1, 0.15) is 0 Å². The van der Waals surface area contributed by atoms with Crippen molar-refractivity contribution < 1.29 is 32.2 Å². The van der Waals surface area contributed by atoms with E-state index in [0.29, 0.717) is 28.5 Å². The van der Waals surface area contributed by atoms with E-state index in [1.807, 2.05) is 0 Å². The average molecular weight is 452 g/mol. The molecule has 0 aliphatic rings. The normalized spacial score (nSPS) is 10.7. The van der Waals surface area contributed by atoms with Crippen molar-refractivity contribution in [3.05, 3.63) is 41.5 Å². The van der Waals surface area contributed by atoms with Crippen molar-refractivity contribution in [1.29, 1.82) is 0 Å². The summed E-state index contributed by atoms with van der Waals surface area (Å²) in [5.74, 6) is 0.402. The number of nitrogens with one attached hydrogen (secondary N) is 3. The molecule has 3 N–H and O–H groups in total. The van der Waals surface area contributed by atoms with E-state index in [1.54, 1.807) is 12.1 Å². The monoisotopic (exact) mass is 451 g/mol. The zero-order valence-corrected chi connectivity index (χ0v) is 18.7. The summed E-state index contributed by atoms with van der Waals surface area (Å²) in [6, 6.07) is 7.65. The van der Waals surface area contributed by atoms with Gasteiger partial charge in [-0.1, -0.05) is 0 Å². The van der Waals surface area contributed by atoms with Gasteiger partial charge in [-0.25, -0.2) is 8.42 Å². The summed E-state index contributed by atoms with van der Waals surface area (Å²) in [5.41, 5.74) is 1.14. The maximum atomic E-state index is 12.8. The first-order valence-electron chi connectivity index (χ1n) is 9.04. The van der Waals surface area contributed by atoms with E-state index in [1.165, 1.54) is 46.5 Å². The number of anilines is 2. The molecule has 0 bridgehead atoms. The van der Waals surface area contributed by atoms with Crippen LogP contribution in [0.25, 0.3) is 0 Å². The van der Waals surface area contributed by atoms with E-state index < -0.39 is 15.9 Å². The van der Waals surface area contributed by atoms with E-state index in [-0.39, 0.29) is 23.7 Å². The van der Waals surface area contributed by atoms with E-state index in [4.69, 9.17) is 14.2 Å². The third-order valence-electron chi connectivity index (χ3n) is 4.06. The predicted octanol–water partition coefficient (Wildman–Crippen LogP) is 1.97. The Morgan fingerprint density at radius 1 is 0.968 bits per heavy atom. The smallest absolute Gasteiger partial charge is 0.253 e. The van der Waals surface area contributed by atoms with E-state index in [9.17, 15) is 18.0 Å². The second-order valence-electron chi connectivity index (χ2n) is 6.53. The highest BCUT2D eigenvalue weighted by Gasteiger charge is 2.17. The SMILES string of the molecule is COc1cc(CNC(=O)c2cc(NC(C)=O)ccc2NS(C)(=O)=O)cc(OC)c1OC. The number of carbonyl (C=O) groups excluding carboxylic acids is 2. The molecule has 0 atom stereocenters. The van der Waals surface area contributed by atoms with Gasteiger partial charge in [0, 0.05) is 19.2 Å². The predicted molar refractivity (Wildman–Crippen MR) is 116 cm³/mol. The molecule has 0 aliphatic heterocycles. The van der Waals surface area contributed by atoms with Crippen LogP contribution in [0.5, 0.6) is 17.2 Å². The molecule has 0 saturated heterocycles. The second-order valence-corrected chi connectivity index (χ2v) is 8.28. The molecule has 10 nitrogen and oxygen atoms in total. The molecule has 168 valence electrons. The van der Waals surface area contributed by atoms with Crippen molar-refractivity contribution in [2.75, 3.05) is 37.6 Å². The fourth-order valence-corrected chi connectivity index (χ4v) is 3.39. The highest BCUT2D eigenvalue weighted by molar-refractivity contribution is 7.92. The number of hydrogen-bond donors (Lipinski definition) is 3. The Balaban J connectivity index is 2.33. The fourth-order valence-electron chi connectivity index (χ4n) is 2.82. The zero-order valence-electron chi connectivity index (χ0n) is 17.9. The number of rotatable bonds is 9. The molecule has 0 heterocycles.